The minimum atomic E-state index is 0.452. The molecule has 0 aliphatic heterocycles. The van der Waals surface area contributed by atoms with Gasteiger partial charge in [-0.2, -0.15) is 0 Å². The summed E-state index contributed by atoms with van der Waals surface area (Å²) in [6, 6.07) is 6.56. The molecule has 0 amide bonds. The van der Waals surface area contributed by atoms with Crippen LogP contribution in [0.3, 0.4) is 0 Å². The average molecular weight is 259 g/mol. The number of benzene rings is 1. The third kappa shape index (κ3) is 2.81. The van der Waals surface area contributed by atoms with Crippen molar-refractivity contribution in [3.8, 4) is 0 Å². The van der Waals surface area contributed by atoms with E-state index in [1.807, 2.05) is 0 Å². The van der Waals surface area contributed by atoms with Gasteiger partial charge in [-0.15, -0.1) is 0 Å². The van der Waals surface area contributed by atoms with Gasteiger partial charge in [0, 0.05) is 13.5 Å². The Morgan fingerprint density at radius 1 is 1.32 bits per heavy atom. The molecule has 3 heteroatoms. The van der Waals surface area contributed by atoms with E-state index in [0.29, 0.717) is 18.4 Å². The SMILES string of the molecule is CCC(CN)c1ccc2nc(CC(C)C)n(C)c2c1. The molecule has 2 aromatic rings. The number of aromatic nitrogens is 2. The molecule has 0 saturated carbocycles. The van der Waals surface area contributed by atoms with Gasteiger partial charge in [-0.1, -0.05) is 26.8 Å². The molecular weight excluding hydrogens is 234 g/mol. The van der Waals surface area contributed by atoms with Crippen LogP contribution in [0.1, 0.15) is 44.5 Å². The molecule has 1 unspecified atom stereocenters. The van der Waals surface area contributed by atoms with Gasteiger partial charge in [-0.3, -0.25) is 0 Å². The van der Waals surface area contributed by atoms with Crippen LogP contribution in [-0.2, 0) is 13.5 Å². The Labute approximate surface area is 115 Å². The van der Waals surface area contributed by atoms with Crippen molar-refractivity contribution in [3.63, 3.8) is 0 Å². The van der Waals surface area contributed by atoms with Gasteiger partial charge in [0.15, 0.2) is 0 Å². The molecule has 0 radical (unpaired) electrons. The zero-order valence-corrected chi connectivity index (χ0v) is 12.5. The maximum absolute atomic E-state index is 5.85. The van der Waals surface area contributed by atoms with E-state index in [4.69, 9.17) is 10.7 Å². The Morgan fingerprint density at radius 3 is 2.63 bits per heavy atom. The third-order valence-corrected chi connectivity index (χ3v) is 3.84. The van der Waals surface area contributed by atoms with Crippen molar-refractivity contribution in [3.05, 3.63) is 29.6 Å². The number of nitrogens with two attached hydrogens (primary N) is 1. The number of rotatable bonds is 5. The van der Waals surface area contributed by atoms with Gasteiger partial charge in [-0.05, 0) is 42.5 Å². The van der Waals surface area contributed by atoms with E-state index < -0.39 is 0 Å². The van der Waals surface area contributed by atoms with Gasteiger partial charge >= 0.3 is 0 Å². The molecule has 2 rings (SSSR count). The van der Waals surface area contributed by atoms with Crippen LogP contribution in [0.25, 0.3) is 11.0 Å². The lowest BCUT2D eigenvalue weighted by Crippen LogP contribution is -2.11. The molecule has 1 aromatic carbocycles. The molecule has 104 valence electrons. The maximum Gasteiger partial charge on any atom is 0.109 e. The van der Waals surface area contributed by atoms with Gasteiger partial charge in [0.1, 0.15) is 5.82 Å². The van der Waals surface area contributed by atoms with Crippen molar-refractivity contribution in [2.75, 3.05) is 6.54 Å². The van der Waals surface area contributed by atoms with Crippen molar-refractivity contribution in [1.29, 1.82) is 0 Å². The highest BCUT2D eigenvalue weighted by atomic mass is 15.1. The molecule has 0 spiro atoms. The highest BCUT2D eigenvalue weighted by Gasteiger charge is 2.12. The molecule has 0 aliphatic rings. The lowest BCUT2D eigenvalue weighted by molar-refractivity contribution is 0.606. The molecule has 1 aromatic heterocycles. The van der Waals surface area contributed by atoms with Gasteiger partial charge in [0.25, 0.3) is 0 Å². The lowest BCUT2D eigenvalue weighted by Gasteiger charge is -2.12. The summed E-state index contributed by atoms with van der Waals surface area (Å²) in [6.07, 6.45) is 2.10. The minimum Gasteiger partial charge on any atom is -0.331 e. The molecule has 0 saturated heterocycles. The van der Waals surface area contributed by atoms with E-state index in [9.17, 15) is 0 Å². The average Bonchev–Trinajstić information content (AvgIpc) is 2.67. The standard InChI is InChI=1S/C16H25N3/c1-5-12(10-17)13-6-7-14-15(9-13)19(4)16(18-14)8-11(2)3/h6-7,9,11-12H,5,8,10,17H2,1-4H3. The summed E-state index contributed by atoms with van der Waals surface area (Å²) in [4.78, 5) is 4.74. The van der Waals surface area contributed by atoms with Crippen LogP contribution in [0.4, 0.5) is 0 Å². The number of nitrogens with zero attached hydrogens (tertiary/aromatic N) is 2. The molecule has 3 nitrogen and oxygen atoms in total. The number of fused-ring (bicyclic) bond motifs is 1. The molecule has 1 atom stereocenters. The molecule has 0 bridgehead atoms. The topological polar surface area (TPSA) is 43.8 Å². The first-order valence-electron chi connectivity index (χ1n) is 7.22. The predicted octanol–water partition coefficient (Wildman–Crippen LogP) is 3.22. The Balaban J connectivity index is 2.44. The Bertz CT molecular complexity index is 550. The first-order valence-corrected chi connectivity index (χ1v) is 7.22. The predicted molar refractivity (Wildman–Crippen MR) is 81.3 cm³/mol. The van der Waals surface area contributed by atoms with Gasteiger partial charge in [-0.25, -0.2) is 4.98 Å². The maximum atomic E-state index is 5.85. The van der Waals surface area contributed by atoms with E-state index >= 15 is 0 Å². The summed E-state index contributed by atoms with van der Waals surface area (Å²) < 4.78 is 2.22. The third-order valence-electron chi connectivity index (χ3n) is 3.84. The first kappa shape index (κ1) is 14.1. The smallest absolute Gasteiger partial charge is 0.109 e. The molecule has 19 heavy (non-hydrogen) atoms. The highest BCUT2D eigenvalue weighted by Crippen LogP contribution is 2.24. The number of aryl methyl sites for hydroxylation is 1. The van der Waals surface area contributed by atoms with E-state index in [1.54, 1.807) is 0 Å². The fraction of sp³-hybridized carbons (Fsp3) is 0.562. The Hall–Kier alpha value is -1.35. The summed E-state index contributed by atoms with van der Waals surface area (Å²) >= 11 is 0. The summed E-state index contributed by atoms with van der Waals surface area (Å²) in [5, 5.41) is 0. The van der Waals surface area contributed by atoms with Crippen LogP contribution in [-0.4, -0.2) is 16.1 Å². The molecule has 2 N–H and O–H groups in total. The summed E-state index contributed by atoms with van der Waals surface area (Å²) in [5.41, 5.74) is 9.49. The number of hydrogen-bond acceptors (Lipinski definition) is 2. The second-order valence-electron chi connectivity index (χ2n) is 5.77. The van der Waals surface area contributed by atoms with Crippen LogP contribution in [0.2, 0.25) is 0 Å². The van der Waals surface area contributed by atoms with Crippen LogP contribution in [0.5, 0.6) is 0 Å². The lowest BCUT2D eigenvalue weighted by atomic mass is 9.96. The van der Waals surface area contributed by atoms with Crippen LogP contribution >= 0.6 is 0 Å². The monoisotopic (exact) mass is 259 g/mol. The van der Waals surface area contributed by atoms with Crippen molar-refractivity contribution in [1.82, 2.24) is 9.55 Å². The quantitative estimate of drug-likeness (QED) is 0.896. The van der Waals surface area contributed by atoms with E-state index in [0.717, 1.165) is 18.4 Å². The van der Waals surface area contributed by atoms with Crippen LogP contribution < -0.4 is 5.73 Å². The van der Waals surface area contributed by atoms with Gasteiger partial charge < -0.3 is 10.3 Å². The normalized spacial score (nSPS) is 13.4. The van der Waals surface area contributed by atoms with Crippen LogP contribution in [0.15, 0.2) is 18.2 Å². The fourth-order valence-electron chi connectivity index (χ4n) is 2.60. The summed E-state index contributed by atoms with van der Waals surface area (Å²) in [6.45, 7) is 7.35. The molecular formula is C16H25N3. The molecule has 0 fully saturated rings. The second kappa shape index (κ2) is 5.74. The van der Waals surface area contributed by atoms with E-state index in [-0.39, 0.29) is 0 Å². The van der Waals surface area contributed by atoms with Crippen molar-refractivity contribution < 1.29 is 0 Å². The Kier molecular flexibility index (Phi) is 4.25. The molecule has 1 heterocycles. The van der Waals surface area contributed by atoms with Crippen LogP contribution in [0, 0.1) is 5.92 Å². The highest BCUT2D eigenvalue weighted by molar-refractivity contribution is 5.77. The first-order chi connectivity index (χ1) is 9.06. The largest absolute Gasteiger partial charge is 0.331 e. The van der Waals surface area contributed by atoms with E-state index in [2.05, 4.69) is 50.6 Å². The minimum absolute atomic E-state index is 0.452. The van der Waals surface area contributed by atoms with Gasteiger partial charge in [0.05, 0.1) is 11.0 Å². The van der Waals surface area contributed by atoms with Crippen molar-refractivity contribution in [2.45, 2.75) is 39.5 Å². The fourth-order valence-corrected chi connectivity index (χ4v) is 2.60. The number of hydrogen-bond donors (Lipinski definition) is 1. The summed E-state index contributed by atoms with van der Waals surface area (Å²) in [7, 11) is 2.11. The van der Waals surface area contributed by atoms with E-state index in [1.165, 1.54) is 16.9 Å². The second-order valence-corrected chi connectivity index (χ2v) is 5.77. The zero-order valence-electron chi connectivity index (χ0n) is 12.5. The Morgan fingerprint density at radius 2 is 2.05 bits per heavy atom. The van der Waals surface area contributed by atoms with Gasteiger partial charge in [0.2, 0.25) is 0 Å². The number of imidazole rings is 1. The van der Waals surface area contributed by atoms with Crippen molar-refractivity contribution in [2.24, 2.45) is 18.7 Å². The zero-order chi connectivity index (χ0) is 14.0. The van der Waals surface area contributed by atoms with Crippen molar-refractivity contribution >= 4 is 11.0 Å². The summed E-state index contributed by atoms with van der Waals surface area (Å²) in [5.74, 6) is 2.25. The molecule has 0 aliphatic carbocycles.